The summed E-state index contributed by atoms with van der Waals surface area (Å²) in [5.74, 6) is 0.609. The lowest BCUT2D eigenvalue weighted by Crippen LogP contribution is -2.33. The van der Waals surface area contributed by atoms with Gasteiger partial charge in [-0.15, -0.1) is 0 Å². The monoisotopic (exact) mass is 336 g/mol. The molecule has 1 N–H and O–H groups in total. The van der Waals surface area contributed by atoms with Crippen LogP contribution in [0.4, 0.5) is 0 Å². The smallest absolute Gasteiger partial charge is 0.266 e. The van der Waals surface area contributed by atoms with Gasteiger partial charge in [0.25, 0.3) is 5.56 Å². The van der Waals surface area contributed by atoms with Gasteiger partial charge in [0, 0.05) is 16.5 Å². The van der Waals surface area contributed by atoms with E-state index in [1.165, 1.54) is 10.7 Å². The molecule has 2 rings (SSSR count). The lowest BCUT2D eigenvalue weighted by molar-refractivity contribution is 0.0875. The highest BCUT2D eigenvalue weighted by Gasteiger charge is 2.17. The summed E-state index contributed by atoms with van der Waals surface area (Å²) in [5, 5.41) is 15.0. The number of hydrogen-bond acceptors (Lipinski definition) is 4. The van der Waals surface area contributed by atoms with Crippen LogP contribution in [0.3, 0.4) is 0 Å². The van der Waals surface area contributed by atoms with Gasteiger partial charge in [0.2, 0.25) is 0 Å². The number of ether oxygens (including phenoxy) is 1. The molecule has 0 spiro atoms. The number of hydrogen-bond donors (Lipinski definition) is 1. The first kappa shape index (κ1) is 17.5. The molecular weight excluding hydrogens is 316 g/mol. The van der Waals surface area contributed by atoms with E-state index in [0.717, 1.165) is 5.69 Å². The molecule has 5 nitrogen and oxygen atoms in total. The van der Waals surface area contributed by atoms with Gasteiger partial charge in [-0.3, -0.25) is 4.79 Å². The van der Waals surface area contributed by atoms with Crippen LogP contribution in [0, 0.1) is 0 Å². The summed E-state index contributed by atoms with van der Waals surface area (Å²) in [5.41, 5.74) is 0.381. The van der Waals surface area contributed by atoms with E-state index in [0.29, 0.717) is 10.8 Å². The number of halogens is 1. The predicted molar refractivity (Wildman–Crippen MR) is 90.2 cm³/mol. The zero-order valence-electron chi connectivity index (χ0n) is 13.5. The van der Waals surface area contributed by atoms with E-state index in [-0.39, 0.29) is 24.1 Å². The van der Waals surface area contributed by atoms with E-state index in [9.17, 15) is 9.90 Å². The number of rotatable bonds is 5. The Labute approximate surface area is 140 Å². The van der Waals surface area contributed by atoms with E-state index in [1.54, 1.807) is 30.3 Å². The average Bonchev–Trinajstić information content (AvgIpc) is 2.48. The first-order valence-electron chi connectivity index (χ1n) is 7.41. The molecule has 0 amide bonds. The van der Waals surface area contributed by atoms with Gasteiger partial charge in [-0.05, 0) is 30.3 Å². The summed E-state index contributed by atoms with van der Waals surface area (Å²) in [6.07, 6.45) is -0.842. The molecule has 0 aliphatic carbocycles. The highest BCUT2D eigenvalue weighted by Crippen LogP contribution is 2.18. The maximum absolute atomic E-state index is 11.9. The molecule has 0 aliphatic heterocycles. The molecule has 23 heavy (non-hydrogen) atoms. The Hall–Kier alpha value is -1.85. The predicted octanol–water partition coefficient (Wildman–Crippen LogP) is 2.63. The maximum Gasteiger partial charge on any atom is 0.266 e. The second-order valence-electron chi connectivity index (χ2n) is 6.41. The van der Waals surface area contributed by atoms with Crippen molar-refractivity contribution in [3.8, 4) is 5.75 Å². The first-order chi connectivity index (χ1) is 10.8. The number of nitrogens with zero attached hydrogens (tertiary/aromatic N) is 2. The summed E-state index contributed by atoms with van der Waals surface area (Å²) < 4.78 is 6.75. The van der Waals surface area contributed by atoms with E-state index in [2.05, 4.69) is 5.10 Å². The minimum absolute atomic E-state index is 0.0650. The fraction of sp³-hybridized carbons (Fsp3) is 0.412. The van der Waals surface area contributed by atoms with Crippen molar-refractivity contribution in [2.45, 2.75) is 38.8 Å². The van der Waals surface area contributed by atoms with Crippen molar-refractivity contribution in [1.82, 2.24) is 9.78 Å². The highest BCUT2D eigenvalue weighted by molar-refractivity contribution is 6.30. The average molecular weight is 337 g/mol. The Morgan fingerprint density at radius 3 is 2.48 bits per heavy atom. The third-order valence-corrected chi connectivity index (χ3v) is 3.53. The molecule has 1 heterocycles. The molecule has 1 atom stereocenters. The van der Waals surface area contributed by atoms with Crippen LogP contribution in [-0.2, 0) is 12.0 Å². The molecule has 6 heteroatoms. The second-order valence-corrected chi connectivity index (χ2v) is 6.84. The number of aliphatic hydroxyl groups excluding tert-OH is 1. The van der Waals surface area contributed by atoms with Crippen molar-refractivity contribution in [3.05, 3.63) is 57.5 Å². The fourth-order valence-electron chi connectivity index (χ4n) is 1.96. The van der Waals surface area contributed by atoms with E-state index in [1.807, 2.05) is 20.8 Å². The molecule has 0 aliphatic rings. The van der Waals surface area contributed by atoms with Crippen molar-refractivity contribution < 1.29 is 9.84 Å². The van der Waals surface area contributed by atoms with Crippen LogP contribution in [0.5, 0.6) is 5.75 Å². The number of aromatic nitrogens is 2. The van der Waals surface area contributed by atoms with Crippen LogP contribution >= 0.6 is 11.6 Å². The van der Waals surface area contributed by atoms with Gasteiger partial charge in [-0.1, -0.05) is 32.4 Å². The molecule has 124 valence electrons. The Balaban J connectivity index is 2.01. The van der Waals surface area contributed by atoms with Crippen LogP contribution in [0.15, 0.2) is 41.2 Å². The molecular formula is C17H21ClN2O3. The molecule has 0 saturated carbocycles. The molecule has 0 saturated heterocycles. The molecule has 0 radical (unpaired) electrons. The first-order valence-corrected chi connectivity index (χ1v) is 7.78. The zero-order chi connectivity index (χ0) is 17.0. The van der Waals surface area contributed by atoms with Crippen molar-refractivity contribution in [3.63, 3.8) is 0 Å². The van der Waals surface area contributed by atoms with Gasteiger partial charge < -0.3 is 9.84 Å². The lowest BCUT2D eigenvalue weighted by Gasteiger charge is -2.19. The molecule has 1 aromatic heterocycles. The minimum atomic E-state index is -0.842. The van der Waals surface area contributed by atoms with Gasteiger partial charge in [0.1, 0.15) is 18.5 Å². The molecule has 1 aromatic carbocycles. The normalized spacial score (nSPS) is 12.9. The van der Waals surface area contributed by atoms with Crippen molar-refractivity contribution >= 4 is 11.6 Å². The Morgan fingerprint density at radius 2 is 1.87 bits per heavy atom. The quantitative estimate of drug-likeness (QED) is 0.911. The summed E-state index contributed by atoms with van der Waals surface area (Å²) >= 11 is 5.80. The number of benzene rings is 1. The third-order valence-electron chi connectivity index (χ3n) is 3.27. The minimum Gasteiger partial charge on any atom is -0.491 e. The summed E-state index contributed by atoms with van der Waals surface area (Å²) in [7, 11) is 0. The standard InChI is InChI=1S/C17H21ClN2O3/c1-17(2,3)15-8-9-16(22)20(19-15)10-13(21)11-23-14-6-4-12(18)5-7-14/h4-9,13,21H,10-11H2,1-3H3. The largest absolute Gasteiger partial charge is 0.491 e. The SMILES string of the molecule is CC(C)(C)c1ccc(=O)n(CC(O)COc2ccc(Cl)cc2)n1. The van der Waals surface area contributed by atoms with Crippen LogP contribution < -0.4 is 10.3 Å². The van der Waals surface area contributed by atoms with Crippen molar-refractivity contribution in [1.29, 1.82) is 0 Å². The zero-order valence-corrected chi connectivity index (χ0v) is 14.2. The van der Waals surface area contributed by atoms with Crippen molar-refractivity contribution in [2.24, 2.45) is 0 Å². The fourth-order valence-corrected chi connectivity index (χ4v) is 2.08. The Bertz CT molecular complexity index is 705. The van der Waals surface area contributed by atoms with Crippen LogP contribution in [0.1, 0.15) is 26.5 Å². The summed E-state index contributed by atoms with van der Waals surface area (Å²) in [6, 6.07) is 10.1. The topological polar surface area (TPSA) is 64.4 Å². The Morgan fingerprint density at radius 1 is 1.22 bits per heavy atom. The van der Waals surface area contributed by atoms with Crippen LogP contribution in [0.2, 0.25) is 5.02 Å². The molecule has 2 aromatic rings. The Kier molecular flexibility index (Phi) is 5.44. The van der Waals surface area contributed by atoms with Gasteiger partial charge in [-0.2, -0.15) is 5.10 Å². The van der Waals surface area contributed by atoms with E-state index in [4.69, 9.17) is 16.3 Å². The summed E-state index contributed by atoms with van der Waals surface area (Å²) in [6.45, 7) is 6.20. The lowest BCUT2D eigenvalue weighted by atomic mass is 9.92. The highest BCUT2D eigenvalue weighted by atomic mass is 35.5. The molecule has 0 bridgehead atoms. The third kappa shape index (κ3) is 5.08. The van der Waals surface area contributed by atoms with Crippen molar-refractivity contribution in [2.75, 3.05) is 6.61 Å². The van der Waals surface area contributed by atoms with Gasteiger partial charge in [-0.25, -0.2) is 4.68 Å². The van der Waals surface area contributed by atoms with Gasteiger partial charge in [0.05, 0.1) is 12.2 Å². The van der Waals surface area contributed by atoms with Crippen LogP contribution in [-0.4, -0.2) is 27.6 Å². The molecule has 0 fully saturated rings. The van der Waals surface area contributed by atoms with E-state index < -0.39 is 6.10 Å². The number of aliphatic hydroxyl groups is 1. The van der Waals surface area contributed by atoms with Gasteiger partial charge in [0.15, 0.2) is 0 Å². The van der Waals surface area contributed by atoms with E-state index >= 15 is 0 Å². The van der Waals surface area contributed by atoms with Gasteiger partial charge >= 0.3 is 0 Å². The summed E-state index contributed by atoms with van der Waals surface area (Å²) in [4.78, 5) is 11.9. The van der Waals surface area contributed by atoms with Crippen LogP contribution in [0.25, 0.3) is 0 Å². The molecule has 1 unspecified atom stereocenters. The maximum atomic E-state index is 11.9. The second kappa shape index (κ2) is 7.15.